The van der Waals surface area contributed by atoms with E-state index >= 15 is 0 Å². The molecule has 0 bridgehead atoms. The summed E-state index contributed by atoms with van der Waals surface area (Å²) in [6.45, 7) is 2.09. The van der Waals surface area contributed by atoms with Crippen LogP contribution in [0.2, 0.25) is 6.04 Å². The van der Waals surface area contributed by atoms with Crippen molar-refractivity contribution in [2.45, 2.75) is 51.0 Å². The molecule has 0 aliphatic rings. The summed E-state index contributed by atoms with van der Waals surface area (Å²) in [6.07, 6.45) is 3.98. The summed E-state index contributed by atoms with van der Waals surface area (Å²) in [5, 5.41) is 0. The largest absolute Gasteiger partial charge is 0.245 e. The van der Waals surface area contributed by atoms with E-state index in [0.717, 1.165) is 19.3 Å². The first-order valence-corrected chi connectivity index (χ1v) is 5.91. The van der Waals surface area contributed by atoms with Gasteiger partial charge in [0.2, 0.25) is 5.92 Å². The van der Waals surface area contributed by atoms with Crippen LogP contribution in [-0.2, 0) is 0 Å². The van der Waals surface area contributed by atoms with E-state index in [2.05, 4.69) is 6.92 Å². The van der Waals surface area contributed by atoms with Crippen LogP contribution < -0.4 is 0 Å². The summed E-state index contributed by atoms with van der Waals surface area (Å²) in [6, 6.07) is 0.124. The van der Waals surface area contributed by atoms with E-state index in [4.69, 9.17) is 0 Å². The van der Waals surface area contributed by atoms with Crippen molar-refractivity contribution in [2.24, 2.45) is 0 Å². The highest BCUT2D eigenvalue weighted by Crippen LogP contribution is 2.24. The van der Waals surface area contributed by atoms with Gasteiger partial charge in [-0.05, 0) is 12.5 Å². The number of hydrogen-bond donors (Lipinski definition) is 0. The third-order valence-electron chi connectivity index (χ3n) is 1.91. The molecule has 0 fully saturated rings. The lowest BCUT2D eigenvalue weighted by molar-refractivity contribution is 0.0111. The molecule has 0 aromatic carbocycles. The van der Waals surface area contributed by atoms with Gasteiger partial charge in [-0.25, -0.2) is 8.78 Å². The molecule has 0 saturated carbocycles. The molecule has 0 spiro atoms. The lowest BCUT2D eigenvalue weighted by Crippen LogP contribution is -2.14. The first kappa shape index (κ1) is 11.1. The van der Waals surface area contributed by atoms with Crippen molar-refractivity contribution in [1.29, 1.82) is 0 Å². The van der Waals surface area contributed by atoms with Crippen molar-refractivity contribution in [3.8, 4) is 0 Å². The lowest BCUT2D eigenvalue weighted by Gasteiger charge is -2.12. The molecule has 0 saturated heterocycles. The Hall–Kier alpha value is 0.0769. The van der Waals surface area contributed by atoms with Crippen LogP contribution in [0.4, 0.5) is 8.78 Å². The highest BCUT2D eigenvalue weighted by atomic mass is 28.1. The number of hydrogen-bond acceptors (Lipinski definition) is 0. The topological polar surface area (TPSA) is 0 Å². The summed E-state index contributed by atoms with van der Waals surface area (Å²) in [5.41, 5.74) is 0. The van der Waals surface area contributed by atoms with Gasteiger partial charge in [0.1, 0.15) is 0 Å². The Morgan fingerprint density at radius 3 is 2.27 bits per heavy atom. The minimum absolute atomic E-state index is 0.108. The fourth-order valence-corrected chi connectivity index (χ4v) is 1.34. The fraction of sp³-hybridized carbons (Fsp3) is 1.00. The van der Waals surface area contributed by atoms with Crippen molar-refractivity contribution in [2.75, 3.05) is 0 Å². The highest BCUT2D eigenvalue weighted by molar-refractivity contribution is 6.09. The van der Waals surface area contributed by atoms with Gasteiger partial charge < -0.3 is 0 Å². The Bertz CT molecular complexity index is 94.1. The molecule has 11 heavy (non-hydrogen) atoms. The van der Waals surface area contributed by atoms with Crippen molar-refractivity contribution in [1.82, 2.24) is 0 Å². The zero-order valence-electron chi connectivity index (χ0n) is 7.50. The Morgan fingerprint density at radius 2 is 1.82 bits per heavy atom. The monoisotopic (exact) mass is 180 g/mol. The van der Waals surface area contributed by atoms with Gasteiger partial charge in [0.15, 0.2) is 0 Å². The van der Waals surface area contributed by atoms with Crippen LogP contribution in [0.1, 0.15) is 39.0 Å². The van der Waals surface area contributed by atoms with Crippen LogP contribution >= 0.6 is 0 Å². The second-order valence-electron chi connectivity index (χ2n) is 3.02. The minimum atomic E-state index is -2.35. The second-order valence-corrected chi connectivity index (χ2v) is 3.73. The van der Waals surface area contributed by atoms with Gasteiger partial charge >= 0.3 is 0 Å². The second kappa shape index (κ2) is 5.69. The Morgan fingerprint density at radius 1 is 1.18 bits per heavy atom. The van der Waals surface area contributed by atoms with Crippen LogP contribution in [0.5, 0.6) is 0 Å². The Labute approximate surface area is 70.8 Å². The van der Waals surface area contributed by atoms with E-state index < -0.39 is 5.92 Å². The quantitative estimate of drug-likeness (QED) is 0.435. The van der Waals surface area contributed by atoms with Crippen LogP contribution in [0.3, 0.4) is 0 Å². The molecule has 0 N–H and O–H groups in total. The average Bonchev–Trinajstić information content (AvgIpc) is 1.99. The highest BCUT2D eigenvalue weighted by Gasteiger charge is 2.24. The Balaban J connectivity index is 3.23. The third kappa shape index (κ3) is 6.47. The molecule has 0 atom stereocenters. The van der Waals surface area contributed by atoms with E-state index in [-0.39, 0.29) is 12.5 Å². The van der Waals surface area contributed by atoms with Crippen LogP contribution in [0, 0.1) is 0 Å². The van der Waals surface area contributed by atoms with E-state index in [1.807, 2.05) is 0 Å². The molecule has 0 rings (SSSR count). The van der Waals surface area contributed by atoms with Crippen LogP contribution in [0.25, 0.3) is 0 Å². The maximum absolute atomic E-state index is 12.6. The SMILES string of the molecule is CCCCCCC(F)(F)C[SiH3]. The summed E-state index contributed by atoms with van der Waals surface area (Å²) >= 11 is 0. The predicted octanol–water partition coefficient (Wildman–Crippen LogP) is 2.38. The number of halogens is 2. The molecule has 0 aliphatic carbocycles. The summed E-state index contributed by atoms with van der Waals surface area (Å²) in [7, 11) is 0.617. The van der Waals surface area contributed by atoms with Gasteiger partial charge in [0, 0.05) is 16.7 Å². The smallest absolute Gasteiger partial charge is 0.207 e. The van der Waals surface area contributed by atoms with Gasteiger partial charge in [-0.2, -0.15) is 0 Å². The summed E-state index contributed by atoms with van der Waals surface area (Å²) in [5.74, 6) is -2.35. The van der Waals surface area contributed by atoms with E-state index in [9.17, 15) is 8.78 Å². The molecular formula is C8H18F2Si. The molecule has 0 aromatic rings. The fourth-order valence-electron chi connectivity index (χ4n) is 0.987. The summed E-state index contributed by atoms with van der Waals surface area (Å²) < 4.78 is 25.2. The van der Waals surface area contributed by atoms with Crippen molar-refractivity contribution in [3.63, 3.8) is 0 Å². The van der Waals surface area contributed by atoms with E-state index in [1.165, 1.54) is 0 Å². The lowest BCUT2D eigenvalue weighted by atomic mass is 10.1. The number of unbranched alkanes of at least 4 members (excludes halogenated alkanes) is 3. The molecule has 0 heterocycles. The minimum Gasteiger partial charge on any atom is -0.207 e. The third-order valence-corrected chi connectivity index (χ3v) is 2.95. The average molecular weight is 180 g/mol. The zero-order valence-corrected chi connectivity index (χ0v) is 9.50. The van der Waals surface area contributed by atoms with Crippen LogP contribution in [0.15, 0.2) is 0 Å². The van der Waals surface area contributed by atoms with Crippen molar-refractivity contribution < 1.29 is 8.78 Å². The van der Waals surface area contributed by atoms with Gasteiger partial charge in [0.25, 0.3) is 0 Å². The van der Waals surface area contributed by atoms with E-state index in [1.54, 1.807) is 0 Å². The van der Waals surface area contributed by atoms with Gasteiger partial charge in [-0.15, -0.1) is 0 Å². The predicted molar refractivity (Wildman–Crippen MR) is 48.5 cm³/mol. The molecule has 0 amide bonds. The summed E-state index contributed by atoms with van der Waals surface area (Å²) in [4.78, 5) is 0. The number of rotatable bonds is 6. The molecule has 3 heteroatoms. The van der Waals surface area contributed by atoms with Gasteiger partial charge in [-0.3, -0.25) is 0 Å². The van der Waals surface area contributed by atoms with Crippen molar-refractivity contribution >= 4 is 10.2 Å². The standard InChI is InChI=1S/C8H18F2Si/c1-2-3-4-5-6-8(9,10)7-11/h2-7H2,1,11H3. The Kier molecular flexibility index (Phi) is 5.73. The molecule has 0 aliphatic heterocycles. The maximum Gasteiger partial charge on any atom is 0.245 e. The van der Waals surface area contributed by atoms with Crippen LogP contribution in [-0.4, -0.2) is 16.2 Å². The van der Waals surface area contributed by atoms with Crippen molar-refractivity contribution in [3.05, 3.63) is 0 Å². The number of alkyl halides is 2. The normalized spacial score (nSPS) is 12.3. The molecule has 0 nitrogen and oxygen atoms in total. The van der Waals surface area contributed by atoms with E-state index in [0.29, 0.717) is 16.7 Å². The first-order valence-electron chi connectivity index (χ1n) is 4.50. The molecular weight excluding hydrogens is 162 g/mol. The maximum atomic E-state index is 12.6. The molecule has 68 valence electrons. The zero-order chi connectivity index (χ0) is 8.74. The molecule has 0 unspecified atom stereocenters. The van der Waals surface area contributed by atoms with Gasteiger partial charge in [-0.1, -0.05) is 26.2 Å². The van der Waals surface area contributed by atoms with Gasteiger partial charge in [0.05, 0.1) is 0 Å². The first-order chi connectivity index (χ1) is 5.12. The molecule has 0 aromatic heterocycles. The molecule has 0 radical (unpaired) electrons.